The summed E-state index contributed by atoms with van der Waals surface area (Å²) in [7, 11) is 0. The number of hydrogen-bond donors (Lipinski definition) is 1. The zero-order valence-electron chi connectivity index (χ0n) is 17.3. The number of para-hydroxylation sites is 1. The fourth-order valence-electron chi connectivity index (χ4n) is 3.19. The van der Waals surface area contributed by atoms with Crippen LogP contribution in [0.4, 0.5) is 5.69 Å². The number of halogens is 1. The van der Waals surface area contributed by atoms with Crippen molar-refractivity contribution in [2.24, 2.45) is 0 Å². The fourth-order valence-corrected chi connectivity index (χ4v) is 4.25. The Morgan fingerprint density at radius 2 is 1.81 bits per heavy atom. The second-order valence-electron chi connectivity index (χ2n) is 7.07. The summed E-state index contributed by atoms with van der Waals surface area (Å²) in [5.41, 5.74) is 3.19. The van der Waals surface area contributed by atoms with E-state index in [1.54, 1.807) is 23.4 Å². The van der Waals surface area contributed by atoms with Crippen molar-refractivity contribution in [3.8, 4) is 0 Å². The molecule has 2 heterocycles. The topological polar surface area (TPSA) is 73.0 Å². The van der Waals surface area contributed by atoms with Gasteiger partial charge in [-0.25, -0.2) is 0 Å². The van der Waals surface area contributed by atoms with E-state index >= 15 is 0 Å². The largest absolute Gasteiger partial charge is 0.361 e. The molecule has 0 aliphatic heterocycles. The van der Waals surface area contributed by atoms with Crippen LogP contribution in [0.25, 0.3) is 0 Å². The number of nitrogens with one attached hydrogen (secondary N) is 1. The molecule has 0 fully saturated rings. The Morgan fingerprint density at radius 1 is 1.10 bits per heavy atom. The van der Waals surface area contributed by atoms with E-state index in [1.165, 1.54) is 0 Å². The molecule has 1 N–H and O–H groups in total. The van der Waals surface area contributed by atoms with Gasteiger partial charge in [0.05, 0.1) is 28.6 Å². The van der Waals surface area contributed by atoms with Gasteiger partial charge in [0.2, 0.25) is 0 Å². The molecule has 0 unspecified atom stereocenters. The van der Waals surface area contributed by atoms with E-state index < -0.39 is 0 Å². The summed E-state index contributed by atoms with van der Waals surface area (Å²) in [5.74, 6) is 0.237. The number of amides is 1. The number of rotatable bonds is 6. The smallest absolute Gasteiger partial charge is 0.278 e. The van der Waals surface area contributed by atoms with Crippen LogP contribution in [0.15, 0.2) is 68.9 Å². The number of carbonyl (C=O) groups excluding carboxylic acids is 1. The SMILES string of the molecule is Cc1nn(Cc2c(C(=O)Nc3ccccc3Sc3ccccc3)noc2C)c(C)c1Cl. The van der Waals surface area contributed by atoms with Crippen LogP contribution in [-0.4, -0.2) is 20.8 Å². The van der Waals surface area contributed by atoms with Crippen LogP contribution in [0.5, 0.6) is 0 Å². The van der Waals surface area contributed by atoms with Gasteiger partial charge in [0.25, 0.3) is 5.91 Å². The molecule has 0 saturated carbocycles. The molecule has 0 aliphatic carbocycles. The third kappa shape index (κ3) is 4.52. The molecule has 6 nitrogen and oxygen atoms in total. The highest BCUT2D eigenvalue weighted by molar-refractivity contribution is 7.99. The summed E-state index contributed by atoms with van der Waals surface area (Å²) in [4.78, 5) is 15.1. The van der Waals surface area contributed by atoms with E-state index in [0.717, 1.165) is 21.2 Å². The van der Waals surface area contributed by atoms with Gasteiger partial charge in [0.15, 0.2) is 5.69 Å². The molecule has 0 atom stereocenters. The molecule has 0 bridgehead atoms. The van der Waals surface area contributed by atoms with E-state index in [0.29, 0.717) is 28.6 Å². The summed E-state index contributed by atoms with van der Waals surface area (Å²) in [6.45, 7) is 5.87. The lowest BCUT2D eigenvalue weighted by Crippen LogP contribution is -2.17. The summed E-state index contributed by atoms with van der Waals surface area (Å²) in [6, 6.07) is 17.7. The second-order valence-corrected chi connectivity index (χ2v) is 8.57. The van der Waals surface area contributed by atoms with E-state index in [-0.39, 0.29) is 11.6 Å². The quantitative estimate of drug-likeness (QED) is 0.394. The molecule has 4 rings (SSSR count). The lowest BCUT2D eigenvalue weighted by molar-refractivity contribution is 0.101. The Hall–Kier alpha value is -3.03. The van der Waals surface area contributed by atoms with Gasteiger partial charge < -0.3 is 9.84 Å². The molecular weight excluding hydrogens is 432 g/mol. The average Bonchev–Trinajstić information content (AvgIpc) is 3.25. The van der Waals surface area contributed by atoms with E-state index in [9.17, 15) is 4.79 Å². The van der Waals surface area contributed by atoms with Crippen LogP contribution < -0.4 is 5.32 Å². The fraction of sp³-hybridized carbons (Fsp3) is 0.174. The minimum absolute atomic E-state index is 0.237. The Balaban J connectivity index is 1.59. The first-order valence-electron chi connectivity index (χ1n) is 9.72. The molecule has 8 heteroatoms. The molecule has 2 aromatic heterocycles. The Kier molecular flexibility index (Phi) is 6.15. The van der Waals surface area contributed by atoms with Crippen molar-refractivity contribution in [1.29, 1.82) is 0 Å². The Labute approximate surface area is 189 Å². The number of aromatic nitrogens is 3. The molecule has 0 aliphatic rings. The number of carbonyl (C=O) groups is 1. The highest BCUT2D eigenvalue weighted by atomic mass is 35.5. The zero-order chi connectivity index (χ0) is 22.0. The van der Waals surface area contributed by atoms with Gasteiger partial charge in [0.1, 0.15) is 5.76 Å². The molecule has 2 aromatic carbocycles. The van der Waals surface area contributed by atoms with E-state index in [4.69, 9.17) is 16.1 Å². The molecule has 0 saturated heterocycles. The van der Waals surface area contributed by atoms with Gasteiger partial charge in [-0.1, -0.05) is 58.9 Å². The van der Waals surface area contributed by atoms with Gasteiger partial charge >= 0.3 is 0 Å². The summed E-state index contributed by atoms with van der Waals surface area (Å²) < 4.78 is 7.10. The average molecular weight is 453 g/mol. The first-order chi connectivity index (χ1) is 14.9. The maximum atomic E-state index is 13.1. The Bertz CT molecular complexity index is 1230. The van der Waals surface area contributed by atoms with Crippen molar-refractivity contribution in [2.75, 3.05) is 5.32 Å². The number of benzene rings is 2. The number of hydrogen-bond acceptors (Lipinski definition) is 5. The monoisotopic (exact) mass is 452 g/mol. The lowest BCUT2D eigenvalue weighted by Gasteiger charge is -2.11. The van der Waals surface area contributed by atoms with Crippen molar-refractivity contribution in [1.82, 2.24) is 14.9 Å². The van der Waals surface area contributed by atoms with Crippen LogP contribution in [0.2, 0.25) is 5.02 Å². The first-order valence-corrected chi connectivity index (χ1v) is 10.9. The Morgan fingerprint density at radius 3 is 2.52 bits per heavy atom. The minimum Gasteiger partial charge on any atom is -0.361 e. The molecule has 4 aromatic rings. The predicted molar refractivity (Wildman–Crippen MR) is 122 cm³/mol. The first kappa shape index (κ1) is 21.2. The van der Waals surface area contributed by atoms with Crippen molar-refractivity contribution >= 4 is 35.0 Å². The second kappa shape index (κ2) is 8.99. The van der Waals surface area contributed by atoms with Crippen molar-refractivity contribution in [3.63, 3.8) is 0 Å². The maximum Gasteiger partial charge on any atom is 0.278 e. The van der Waals surface area contributed by atoms with Crippen LogP contribution in [0, 0.1) is 20.8 Å². The van der Waals surface area contributed by atoms with Gasteiger partial charge in [0, 0.05) is 15.4 Å². The molecule has 0 radical (unpaired) electrons. The summed E-state index contributed by atoms with van der Waals surface area (Å²) >= 11 is 7.85. The number of anilines is 1. The number of nitrogens with zero attached hydrogens (tertiary/aromatic N) is 3. The molecule has 31 heavy (non-hydrogen) atoms. The molecular formula is C23H21ClN4O2S. The van der Waals surface area contributed by atoms with Crippen LogP contribution in [-0.2, 0) is 6.54 Å². The summed E-state index contributed by atoms with van der Waals surface area (Å²) in [5, 5.41) is 12.1. The third-order valence-corrected chi connectivity index (χ3v) is 6.54. The van der Waals surface area contributed by atoms with Gasteiger partial charge in [-0.15, -0.1) is 0 Å². The van der Waals surface area contributed by atoms with Gasteiger partial charge in [-0.05, 0) is 45.0 Å². The lowest BCUT2D eigenvalue weighted by atomic mass is 10.1. The van der Waals surface area contributed by atoms with Crippen LogP contribution in [0.3, 0.4) is 0 Å². The standard InChI is InChI=1S/C23H21ClN4O2S/c1-14-21(24)15(2)28(26-14)13-18-16(3)30-27-22(18)23(29)25-19-11-7-8-12-20(19)31-17-9-5-4-6-10-17/h4-12H,13H2,1-3H3,(H,25,29). The minimum atomic E-state index is -0.333. The third-order valence-electron chi connectivity index (χ3n) is 4.91. The zero-order valence-corrected chi connectivity index (χ0v) is 18.9. The molecule has 0 spiro atoms. The van der Waals surface area contributed by atoms with Crippen molar-refractivity contribution in [3.05, 3.63) is 88.0 Å². The predicted octanol–water partition coefficient (Wildman–Crippen LogP) is 5.90. The van der Waals surface area contributed by atoms with Crippen molar-refractivity contribution in [2.45, 2.75) is 37.1 Å². The van der Waals surface area contributed by atoms with E-state index in [2.05, 4.69) is 15.6 Å². The van der Waals surface area contributed by atoms with Gasteiger partial charge in [-0.3, -0.25) is 9.48 Å². The highest BCUT2D eigenvalue weighted by Gasteiger charge is 2.22. The number of aryl methyl sites for hydroxylation is 2. The highest BCUT2D eigenvalue weighted by Crippen LogP contribution is 2.33. The molecule has 1 amide bonds. The van der Waals surface area contributed by atoms with Crippen molar-refractivity contribution < 1.29 is 9.32 Å². The van der Waals surface area contributed by atoms with E-state index in [1.807, 2.05) is 68.4 Å². The van der Waals surface area contributed by atoms with Gasteiger partial charge in [-0.2, -0.15) is 5.10 Å². The summed E-state index contributed by atoms with van der Waals surface area (Å²) in [6.07, 6.45) is 0. The normalized spacial score (nSPS) is 11.0. The molecule has 158 valence electrons. The maximum absolute atomic E-state index is 13.1. The van der Waals surface area contributed by atoms with Crippen LogP contribution >= 0.6 is 23.4 Å². The van der Waals surface area contributed by atoms with Crippen LogP contribution in [0.1, 0.15) is 33.2 Å².